The summed E-state index contributed by atoms with van der Waals surface area (Å²) in [6, 6.07) is 5.79. The maximum absolute atomic E-state index is 11.5. The zero-order valence-corrected chi connectivity index (χ0v) is 11.5. The average molecular weight is 275 g/mol. The van der Waals surface area contributed by atoms with Crippen LogP contribution in [0.4, 0.5) is 0 Å². The minimum Gasteiger partial charge on any atom is -0.370 e. The van der Waals surface area contributed by atoms with Gasteiger partial charge in [-0.05, 0) is 30.9 Å². The fraction of sp³-hybridized carbons (Fsp3) is 0.500. The number of hydrogen-bond acceptors (Lipinski definition) is 3. The van der Waals surface area contributed by atoms with E-state index in [2.05, 4.69) is 20.6 Å². The zero-order valence-electron chi connectivity index (χ0n) is 11.5. The molecule has 0 atom stereocenters. The number of nitrogens with two attached hydrogens (primary N) is 1. The highest BCUT2D eigenvalue weighted by atomic mass is 16.1. The van der Waals surface area contributed by atoms with E-state index < -0.39 is 0 Å². The van der Waals surface area contributed by atoms with Crippen molar-refractivity contribution in [3.05, 3.63) is 30.1 Å². The van der Waals surface area contributed by atoms with Crippen LogP contribution in [0.3, 0.4) is 0 Å². The van der Waals surface area contributed by atoms with Gasteiger partial charge in [0.15, 0.2) is 5.96 Å². The summed E-state index contributed by atoms with van der Waals surface area (Å²) in [5.41, 5.74) is 6.69. The van der Waals surface area contributed by atoms with E-state index in [-0.39, 0.29) is 12.5 Å². The van der Waals surface area contributed by atoms with Gasteiger partial charge in [-0.3, -0.25) is 9.78 Å². The molecule has 0 spiro atoms. The molecule has 20 heavy (non-hydrogen) atoms. The van der Waals surface area contributed by atoms with Crippen LogP contribution in [0, 0.1) is 5.92 Å². The van der Waals surface area contributed by atoms with Crippen molar-refractivity contribution in [1.82, 2.24) is 15.6 Å². The topological polar surface area (TPSA) is 92.4 Å². The van der Waals surface area contributed by atoms with Gasteiger partial charge in [-0.25, -0.2) is 4.99 Å². The van der Waals surface area contributed by atoms with Gasteiger partial charge >= 0.3 is 0 Å². The Balaban J connectivity index is 1.59. The molecule has 1 fully saturated rings. The summed E-state index contributed by atoms with van der Waals surface area (Å²) in [6.45, 7) is 1.49. The summed E-state index contributed by atoms with van der Waals surface area (Å²) >= 11 is 0. The molecule has 1 heterocycles. The lowest BCUT2D eigenvalue weighted by atomic mass is 10.3. The predicted molar refractivity (Wildman–Crippen MR) is 78.2 cm³/mol. The summed E-state index contributed by atoms with van der Waals surface area (Å²) in [5.74, 6) is 0.894. The zero-order chi connectivity index (χ0) is 14.2. The van der Waals surface area contributed by atoms with Crippen molar-refractivity contribution >= 4 is 11.9 Å². The third-order valence-electron chi connectivity index (χ3n) is 3.09. The predicted octanol–water partition coefficient (Wildman–Crippen LogP) is 0.0546. The SMILES string of the molecule is NC(=NCC(=O)NCC1CC1)NCCc1ccccn1. The Morgan fingerprint density at radius 3 is 2.95 bits per heavy atom. The standard InChI is InChI=1S/C14H21N5O/c15-14(17-8-6-12-3-1-2-7-16-12)19-10-13(20)18-9-11-4-5-11/h1-3,7,11H,4-6,8-10H2,(H,18,20)(H3,15,17,19). The molecule has 1 aromatic heterocycles. The minimum atomic E-state index is -0.0774. The molecule has 1 amide bonds. The van der Waals surface area contributed by atoms with Gasteiger partial charge in [-0.2, -0.15) is 0 Å². The quantitative estimate of drug-likeness (QED) is 0.484. The van der Waals surface area contributed by atoms with E-state index in [0.717, 1.165) is 18.7 Å². The van der Waals surface area contributed by atoms with Crippen LogP contribution in [0.2, 0.25) is 0 Å². The lowest BCUT2D eigenvalue weighted by Gasteiger charge is -2.05. The van der Waals surface area contributed by atoms with E-state index in [0.29, 0.717) is 18.4 Å². The van der Waals surface area contributed by atoms with Crippen molar-refractivity contribution in [2.45, 2.75) is 19.3 Å². The second kappa shape index (κ2) is 7.47. The normalized spacial score (nSPS) is 14.9. The molecule has 0 aliphatic heterocycles. The molecule has 1 saturated carbocycles. The van der Waals surface area contributed by atoms with E-state index >= 15 is 0 Å². The number of aliphatic imine (C=N–C) groups is 1. The number of nitrogens with zero attached hydrogens (tertiary/aromatic N) is 2. The number of hydrogen-bond donors (Lipinski definition) is 3. The fourth-order valence-corrected chi connectivity index (χ4v) is 1.71. The first kappa shape index (κ1) is 14.3. The molecular formula is C14H21N5O. The third kappa shape index (κ3) is 5.69. The number of guanidine groups is 1. The number of aromatic nitrogens is 1. The van der Waals surface area contributed by atoms with Gasteiger partial charge in [0.05, 0.1) is 0 Å². The maximum Gasteiger partial charge on any atom is 0.241 e. The van der Waals surface area contributed by atoms with E-state index in [9.17, 15) is 4.79 Å². The first-order valence-corrected chi connectivity index (χ1v) is 6.94. The molecule has 0 saturated heterocycles. The smallest absolute Gasteiger partial charge is 0.241 e. The molecule has 2 rings (SSSR count). The molecular weight excluding hydrogens is 254 g/mol. The van der Waals surface area contributed by atoms with Crippen LogP contribution >= 0.6 is 0 Å². The Hall–Kier alpha value is -2.11. The molecule has 1 aliphatic rings. The summed E-state index contributed by atoms with van der Waals surface area (Å²) in [5, 5.41) is 5.81. The molecule has 6 nitrogen and oxygen atoms in total. The summed E-state index contributed by atoms with van der Waals surface area (Å²) in [4.78, 5) is 19.7. The molecule has 1 aliphatic carbocycles. The highest BCUT2D eigenvalue weighted by Crippen LogP contribution is 2.27. The van der Waals surface area contributed by atoms with Crippen molar-refractivity contribution < 1.29 is 4.79 Å². The van der Waals surface area contributed by atoms with Gasteiger partial charge in [-0.15, -0.1) is 0 Å². The first-order chi connectivity index (χ1) is 9.74. The third-order valence-corrected chi connectivity index (χ3v) is 3.09. The Morgan fingerprint density at radius 2 is 2.25 bits per heavy atom. The molecule has 108 valence electrons. The van der Waals surface area contributed by atoms with Crippen molar-refractivity contribution in [3.8, 4) is 0 Å². The summed E-state index contributed by atoms with van der Waals surface area (Å²) in [6.07, 6.45) is 4.98. The largest absolute Gasteiger partial charge is 0.370 e. The Morgan fingerprint density at radius 1 is 1.40 bits per heavy atom. The highest BCUT2D eigenvalue weighted by Gasteiger charge is 2.21. The van der Waals surface area contributed by atoms with Crippen LogP contribution < -0.4 is 16.4 Å². The van der Waals surface area contributed by atoms with Gasteiger partial charge in [0.25, 0.3) is 0 Å². The van der Waals surface area contributed by atoms with Crippen LogP contribution in [0.1, 0.15) is 18.5 Å². The lowest BCUT2D eigenvalue weighted by Crippen LogP contribution is -2.35. The van der Waals surface area contributed by atoms with Gasteiger partial charge in [0.1, 0.15) is 6.54 Å². The van der Waals surface area contributed by atoms with Crippen LogP contribution in [0.25, 0.3) is 0 Å². The van der Waals surface area contributed by atoms with E-state index in [1.54, 1.807) is 6.20 Å². The number of carbonyl (C=O) groups is 1. The molecule has 1 aromatic rings. The monoisotopic (exact) mass is 275 g/mol. The van der Waals surface area contributed by atoms with Gasteiger partial charge in [0.2, 0.25) is 5.91 Å². The van der Waals surface area contributed by atoms with Crippen molar-refractivity contribution in [3.63, 3.8) is 0 Å². The van der Waals surface area contributed by atoms with Gasteiger partial charge in [0, 0.05) is 31.4 Å². The minimum absolute atomic E-state index is 0.0774. The molecule has 0 bridgehead atoms. The molecule has 4 N–H and O–H groups in total. The van der Waals surface area contributed by atoms with Crippen molar-refractivity contribution in [2.24, 2.45) is 16.6 Å². The molecule has 6 heteroatoms. The van der Waals surface area contributed by atoms with Gasteiger partial charge in [-0.1, -0.05) is 6.07 Å². The number of nitrogens with one attached hydrogen (secondary N) is 2. The van der Waals surface area contributed by atoms with E-state index in [1.165, 1.54) is 12.8 Å². The highest BCUT2D eigenvalue weighted by molar-refractivity contribution is 5.83. The molecule has 0 radical (unpaired) electrons. The molecule has 0 unspecified atom stereocenters. The second-order valence-corrected chi connectivity index (χ2v) is 4.95. The molecule has 0 aromatic carbocycles. The van der Waals surface area contributed by atoms with Crippen molar-refractivity contribution in [2.75, 3.05) is 19.6 Å². The number of pyridine rings is 1. The fourth-order valence-electron chi connectivity index (χ4n) is 1.71. The van der Waals surface area contributed by atoms with Crippen LogP contribution in [-0.4, -0.2) is 36.5 Å². The van der Waals surface area contributed by atoms with Crippen LogP contribution in [-0.2, 0) is 11.2 Å². The maximum atomic E-state index is 11.5. The number of rotatable bonds is 7. The number of carbonyl (C=O) groups excluding carboxylic acids is 1. The Kier molecular flexibility index (Phi) is 5.34. The first-order valence-electron chi connectivity index (χ1n) is 6.94. The summed E-state index contributed by atoms with van der Waals surface area (Å²) in [7, 11) is 0. The van der Waals surface area contributed by atoms with Crippen LogP contribution in [0.15, 0.2) is 29.4 Å². The average Bonchev–Trinajstić information content (AvgIpc) is 3.28. The summed E-state index contributed by atoms with van der Waals surface area (Å²) < 4.78 is 0. The van der Waals surface area contributed by atoms with Gasteiger partial charge < -0.3 is 16.4 Å². The Labute approximate surface area is 118 Å². The Bertz CT molecular complexity index is 456. The number of amides is 1. The van der Waals surface area contributed by atoms with E-state index in [4.69, 9.17) is 5.73 Å². The van der Waals surface area contributed by atoms with Crippen molar-refractivity contribution in [1.29, 1.82) is 0 Å². The second-order valence-electron chi connectivity index (χ2n) is 4.95. The van der Waals surface area contributed by atoms with Crippen LogP contribution in [0.5, 0.6) is 0 Å². The van der Waals surface area contributed by atoms with E-state index in [1.807, 2.05) is 18.2 Å². The lowest BCUT2D eigenvalue weighted by molar-refractivity contribution is -0.119.